The van der Waals surface area contributed by atoms with E-state index in [1.165, 1.54) is 6.07 Å². The van der Waals surface area contributed by atoms with Crippen molar-refractivity contribution in [3.8, 4) is 0 Å². The largest absolute Gasteiger partial charge is 0.456 e. The Labute approximate surface area is 117 Å². The number of benzene rings is 2. The number of rotatable bonds is 2. The topological polar surface area (TPSA) is 39.2 Å². The molecule has 0 saturated carbocycles. The lowest BCUT2D eigenvalue weighted by molar-refractivity contribution is 0.501. The van der Waals surface area contributed by atoms with E-state index < -0.39 is 0 Å². The molecule has 0 amide bonds. The molecule has 0 saturated heterocycles. The summed E-state index contributed by atoms with van der Waals surface area (Å²) in [5.41, 5.74) is 9.80. The van der Waals surface area contributed by atoms with Crippen LogP contribution in [0.3, 0.4) is 0 Å². The maximum Gasteiger partial charge on any atom is 0.169 e. The van der Waals surface area contributed by atoms with Crippen molar-refractivity contribution in [2.75, 3.05) is 0 Å². The first-order chi connectivity index (χ1) is 9.56. The zero-order valence-electron chi connectivity index (χ0n) is 11.5. The van der Waals surface area contributed by atoms with Crippen molar-refractivity contribution < 1.29 is 8.81 Å². The molecule has 0 radical (unpaired) electrons. The van der Waals surface area contributed by atoms with Gasteiger partial charge in [-0.15, -0.1) is 0 Å². The summed E-state index contributed by atoms with van der Waals surface area (Å²) in [5.74, 6) is 0.223. The summed E-state index contributed by atoms with van der Waals surface area (Å²) in [6.07, 6.45) is 0. The van der Waals surface area contributed by atoms with E-state index in [4.69, 9.17) is 10.2 Å². The van der Waals surface area contributed by atoms with Crippen LogP contribution >= 0.6 is 0 Å². The highest BCUT2D eigenvalue weighted by atomic mass is 19.1. The quantitative estimate of drug-likeness (QED) is 0.756. The van der Waals surface area contributed by atoms with E-state index in [2.05, 4.69) is 0 Å². The Bertz CT molecular complexity index is 776. The van der Waals surface area contributed by atoms with Crippen LogP contribution in [0.2, 0.25) is 0 Å². The highest BCUT2D eigenvalue weighted by Crippen LogP contribution is 2.29. The van der Waals surface area contributed by atoms with Crippen molar-refractivity contribution >= 4 is 11.0 Å². The Morgan fingerprint density at radius 1 is 1.10 bits per heavy atom. The molecule has 2 nitrogen and oxygen atoms in total. The third-order valence-corrected chi connectivity index (χ3v) is 3.59. The minimum absolute atomic E-state index is 0.267. The highest BCUT2D eigenvalue weighted by Gasteiger charge is 2.17. The van der Waals surface area contributed by atoms with Crippen LogP contribution in [-0.2, 0) is 0 Å². The number of hydrogen-bond donors (Lipinski definition) is 1. The minimum Gasteiger partial charge on any atom is -0.456 e. The molecule has 0 bridgehead atoms. The number of halogens is 1. The number of furan rings is 1. The predicted octanol–water partition coefficient (Wildman–Crippen LogP) is 4.24. The van der Waals surface area contributed by atoms with Crippen LogP contribution in [0.25, 0.3) is 11.0 Å². The van der Waals surface area contributed by atoms with E-state index in [0.717, 1.165) is 22.1 Å². The van der Waals surface area contributed by atoms with E-state index in [-0.39, 0.29) is 17.4 Å². The van der Waals surface area contributed by atoms with E-state index in [1.54, 1.807) is 6.07 Å². The lowest BCUT2D eigenvalue weighted by atomic mass is 9.98. The molecule has 3 aromatic rings. The van der Waals surface area contributed by atoms with Gasteiger partial charge in [-0.05, 0) is 37.1 Å². The molecule has 20 heavy (non-hydrogen) atoms. The number of aryl methyl sites for hydroxylation is 2. The highest BCUT2D eigenvalue weighted by molar-refractivity contribution is 5.78. The van der Waals surface area contributed by atoms with Crippen LogP contribution < -0.4 is 5.73 Å². The molecule has 2 aromatic carbocycles. The lowest BCUT2D eigenvalue weighted by Gasteiger charge is -2.13. The Morgan fingerprint density at radius 2 is 1.90 bits per heavy atom. The normalized spacial score (nSPS) is 12.8. The lowest BCUT2D eigenvalue weighted by Crippen LogP contribution is -2.12. The van der Waals surface area contributed by atoms with Gasteiger partial charge in [-0.1, -0.05) is 35.9 Å². The van der Waals surface area contributed by atoms with Crippen LogP contribution in [0.1, 0.15) is 28.5 Å². The van der Waals surface area contributed by atoms with Gasteiger partial charge in [-0.25, -0.2) is 4.39 Å². The summed E-state index contributed by atoms with van der Waals surface area (Å²) in [6, 6.07) is 12.4. The summed E-state index contributed by atoms with van der Waals surface area (Å²) in [5, 5.41) is 0.737. The van der Waals surface area contributed by atoms with Crippen molar-refractivity contribution in [2.24, 2.45) is 5.73 Å². The van der Waals surface area contributed by atoms with Gasteiger partial charge in [0.15, 0.2) is 11.4 Å². The third-order valence-electron chi connectivity index (χ3n) is 3.59. The van der Waals surface area contributed by atoms with Crippen molar-refractivity contribution in [3.05, 3.63) is 70.7 Å². The average molecular weight is 269 g/mol. The standard InChI is InChI=1S/C17H16FNO/c1-10-6-7-11(2)13(8-10)16(19)15-9-12-4-3-5-14(18)17(12)20-15/h3-9,16H,19H2,1-2H3. The number of hydrogen-bond acceptors (Lipinski definition) is 2. The van der Waals surface area contributed by atoms with Crippen molar-refractivity contribution in [3.63, 3.8) is 0 Å². The van der Waals surface area contributed by atoms with Crippen LogP contribution in [0.15, 0.2) is 46.9 Å². The van der Waals surface area contributed by atoms with Gasteiger partial charge in [0, 0.05) is 5.39 Å². The van der Waals surface area contributed by atoms with Crippen molar-refractivity contribution in [1.29, 1.82) is 0 Å². The van der Waals surface area contributed by atoms with Gasteiger partial charge in [0.25, 0.3) is 0 Å². The second kappa shape index (κ2) is 4.76. The molecule has 3 heteroatoms. The Morgan fingerprint density at radius 3 is 2.65 bits per heavy atom. The Hall–Kier alpha value is -2.13. The summed E-state index contributed by atoms with van der Waals surface area (Å²) in [7, 11) is 0. The molecule has 2 N–H and O–H groups in total. The molecule has 1 heterocycles. The first-order valence-electron chi connectivity index (χ1n) is 6.57. The summed E-state index contributed by atoms with van der Waals surface area (Å²) in [4.78, 5) is 0. The number of nitrogens with two attached hydrogens (primary N) is 1. The van der Waals surface area contributed by atoms with E-state index in [1.807, 2.05) is 44.2 Å². The van der Waals surface area contributed by atoms with Gasteiger partial charge in [0.2, 0.25) is 0 Å². The molecular weight excluding hydrogens is 253 g/mol. The van der Waals surface area contributed by atoms with E-state index in [9.17, 15) is 4.39 Å². The summed E-state index contributed by atoms with van der Waals surface area (Å²) in [6.45, 7) is 4.03. The monoisotopic (exact) mass is 269 g/mol. The smallest absolute Gasteiger partial charge is 0.169 e. The molecule has 102 valence electrons. The molecule has 0 fully saturated rings. The average Bonchev–Trinajstić information content (AvgIpc) is 2.86. The molecular formula is C17H16FNO. The summed E-state index contributed by atoms with van der Waals surface area (Å²) < 4.78 is 19.3. The van der Waals surface area contributed by atoms with Crippen molar-refractivity contribution in [2.45, 2.75) is 19.9 Å². The minimum atomic E-state index is -0.387. The van der Waals surface area contributed by atoms with Gasteiger partial charge in [-0.2, -0.15) is 0 Å². The fraction of sp³-hybridized carbons (Fsp3) is 0.176. The van der Waals surface area contributed by atoms with Crippen LogP contribution in [0.4, 0.5) is 4.39 Å². The van der Waals surface area contributed by atoms with Gasteiger partial charge in [0.05, 0.1) is 6.04 Å². The first kappa shape index (κ1) is 12.9. The molecule has 1 unspecified atom stereocenters. The van der Waals surface area contributed by atoms with Gasteiger partial charge in [0.1, 0.15) is 5.76 Å². The molecule has 1 aromatic heterocycles. The fourth-order valence-electron chi connectivity index (χ4n) is 2.45. The molecule has 0 aliphatic heterocycles. The molecule has 1 atom stereocenters. The Balaban J connectivity index is 2.10. The number of para-hydroxylation sites is 1. The Kier molecular flexibility index (Phi) is 3.07. The van der Waals surface area contributed by atoms with Crippen molar-refractivity contribution in [1.82, 2.24) is 0 Å². The van der Waals surface area contributed by atoms with Gasteiger partial charge >= 0.3 is 0 Å². The second-order valence-corrected chi connectivity index (χ2v) is 5.14. The predicted molar refractivity (Wildman–Crippen MR) is 78.1 cm³/mol. The fourth-order valence-corrected chi connectivity index (χ4v) is 2.45. The van der Waals surface area contributed by atoms with E-state index in [0.29, 0.717) is 5.76 Å². The zero-order chi connectivity index (χ0) is 14.3. The van der Waals surface area contributed by atoms with Gasteiger partial charge in [-0.3, -0.25) is 0 Å². The number of fused-ring (bicyclic) bond motifs is 1. The third kappa shape index (κ3) is 2.10. The van der Waals surface area contributed by atoms with Gasteiger partial charge < -0.3 is 10.2 Å². The maximum absolute atomic E-state index is 13.7. The van der Waals surface area contributed by atoms with Crippen LogP contribution in [0, 0.1) is 19.7 Å². The second-order valence-electron chi connectivity index (χ2n) is 5.14. The van der Waals surface area contributed by atoms with E-state index >= 15 is 0 Å². The first-order valence-corrected chi connectivity index (χ1v) is 6.57. The maximum atomic E-state index is 13.7. The summed E-state index contributed by atoms with van der Waals surface area (Å²) >= 11 is 0. The SMILES string of the molecule is Cc1ccc(C)c(C(N)c2cc3cccc(F)c3o2)c1. The van der Waals surface area contributed by atoms with Crippen LogP contribution in [-0.4, -0.2) is 0 Å². The molecule has 0 aliphatic rings. The molecule has 3 rings (SSSR count). The van der Waals surface area contributed by atoms with Crippen LogP contribution in [0.5, 0.6) is 0 Å². The molecule has 0 spiro atoms. The zero-order valence-corrected chi connectivity index (χ0v) is 11.5. The molecule has 0 aliphatic carbocycles.